The summed E-state index contributed by atoms with van der Waals surface area (Å²) >= 11 is 5.68. The fourth-order valence-electron chi connectivity index (χ4n) is 1.70. The van der Waals surface area contributed by atoms with Gasteiger partial charge in [0.05, 0.1) is 6.26 Å². The predicted molar refractivity (Wildman–Crippen MR) is 87.5 cm³/mol. The van der Waals surface area contributed by atoms with Crippen molar-refractivity contribution < 1.29 is 13.2 Å². The van der Waals surface area contributed by atoms with Gasteiger partial charge in [0.2, 0.25) is 10.0 Å². The Hall–Kier alpha value is -2.18. The van der Waals surface area contributed by atoms with Gasteiger partial charge in [0, 0.05) is 17.4 Å². The summed E-state index contributed by atoms with van der Waals surface area (Å²) in [6.07, 6.45) is 5.61. The normalized spacial score (nSPS) is 11.5. The summed E-state index contributed by atoms with van der Waals surface area (Å²) in [5, 5.41) is 0.378. The van der Waals surface area contributed by atoms with Gasteiger partial charge in [-0.25, -0.2) is 13.4 Å². The van der Waals surface area contributed by atoms with Crippen LogP contribution in [0.2, 0.25) is 5.15 Å². The van der Waals surface area contributed by atoms with Crippen LogP contribution in [0.5, 0.6) is 0 Å². The Morgan fingerprint density at radius 3 is 2.68 bits per heavy atom. The third-order valence-electron chi connectivity index (χ3n) is 2.63. The fraction of sp³-hybridized carbons (Fsp3) is 0.0667. The Morgan fingerprint density at radius 2 is 2.05 bits per heavy atom. The van der Waals surface area contributed by atoms with Crippen LogP contribution in [0.1, 0.15) is 15.9 Å². The Labute approximate surface area is 133 Å². The van der Waals surface area contributed by atoms with Crippen molar-refractivity contribution in [3.05, 3.63) is 65.0 Å². The molecule has 7 heteroatoms. The minimum Gasteiger partial charge on any atom is -0.289 e. The molecule has 0 saturated carbocycles. The van der Waals surface area contributed by atoms with Crippen molar-refractivity contribution in [2.45, 2.75) is 0 Å². The molecule has 0 aliphatic rings. The van der Waals surface area contributed by atoms with E-state index < -0.39 is 10.0 Å². The largest absolute Gasteiger partial charge is 0.289 e. The molecule has 0 radical (unpaired) electrons. The van der Waals surface area contributed by atoms with E-state index in [1.165, 1.54) is 12.1 Å². The summed E-state index contributed by atoms with van der Waals surface area (Å²) in [6, 6.07) is 9.64. The highest BCUT2D eigenvalue weighted by atomic mass is 35.5. The second-order valence-electron chi connectivity index (χ2n) is 4.57. The van der Waals surface area contributed by atoms with Crippen molar-refractivity contribution in [2.24, 2.45) is 0 Å². The smallest absolute Gasteiger partial charge is 0.229 e. The van der Waals surface area contributed by atoms with Crippen molar-refractivity contribution in [3.8, 4) is 0 Å². The van der Waals surface area contributed by atoms with Crippen molar-refractivity contribution in [1.29, 1.82) is 0 Å². The molecule has 114 valence electrons. The van der Waals surface area contributed by atoms with Gasteiger partial charge in [-0.05, 0) is 35.9 Å². The summed E-state index contributed by atoms with van der Waals surface area (Å²) < 4.78 is 24.7. The molecule has 2 rings (SSSR count). The van der Waals surface area contributed by atoms with Crippen LogP contribution in [0.15, 0.2) is 48.7 Å². The van der Waals surface area contributed by atoms with E-state index in [2.05, 4.69) is 9.71 Å². The molecule has 5 nitrogen and oxygen atoms in total. The van der Waals surface area contributed by atoms with Crippen molar-refractivity contribution >= 4 is 39.2 Å². The average Bonchev–Trinajstić information content (AvgIpc) is 2.45. The van der Waals surface area contributed by atoms with Crippen LogP contribution in [0.3, 0.4) is 0 Å². The molecule has 0 saturated heterocycles. The molecule has 0 aliphatic heterocycles. The summed E-state index contributed by atoms with van der Waals surface area (Å²) in [7, 11) is -3.38. The summed E-state index contributed by atoms with van der Waals surface area (Å²) in [5.41, 5.74) is 1.46. The first-order chi connectivity index (χ1) is 10.3. The zero-order valence-corrected chi connectivity index (χ0v) is 13.2. The van der Waals surface area contributed by atoms with Crippen LogP contribution < -0.4 is 4.72 Å². The maximum Gasteiger partial charge on any atom is 0.229 e. The summed E-state index contributed by atoms with van der Waals surface area (Å²) in [4.78, 5) is 16.0. The molecule has 1 aromatic carbocycles. The van der Waals surface area contributed by atoms with Gasteiger partial charge in [0.25, 0.3) is 0 Å². The van der Waals surface area contributed by atoms with Crippen LogP contribution in [0.4, 0.5) is 5.69 Å². The molecular weight excluding hydrogens is 324 g/mol. The molecule has 0 fully saturated rings. The number of nitrogens with zero attached hydrogens (tertiary/aromatic N) is 1. The van der Waals surface area contributed by atoms with Crippen molar-refractivity contribution in [3.63, 3.8) is 0 Å². The molecule has 0 bridgehead atoms. The van der Waals surface area contributed by atoms with Crippen LogP contribution >= 0.6 is 11.6 Å². The van der Waals surface area contributed by atoms with Crippen LogP contribution in [0, 0.1) is 0 Å². The number of aromatic nitrogens is 1. The van der Waals surface area contributed by atoms with Crippen LogP contribution in [-0.4, -0.2) is 25.4 Å². The van der Waals surface area contributed by atoms with Crippen LogP contribution in [0.25, 0.3) is 6.08 Å². The molecule has 1 heterocycles. The number of pyridine rings is 1. The van der Waals surface area contributed by atoms with E-state index in [0.717, 1.165) is 11.8 Å². The Kier molecular flexibility index (Phi) is 4.95. The first kappa shape index (κ1) is 16.2. The lowest BCUT2D eigenvalue weighted by molar-refractivity contribution is 0.104. The zero-order chi connectivity index (χ0) is 16.2. The number of carbonyl (C=O) groups excluding carboxylic acids is 1. The molecule has 1 N–H and O–H groups in total. The third-order valence-corrected chi connectivity index (χ3v) is 3.46. The van der Waals surface area contributed by atoms with Gasteiger partial charge in [-0.15, -0.1) is 0 Å². The first-order valence-electron chi connectivity index (χ1n) is 6.25. The molecule has 0 unspecified atom stereocenters. The van der Waals surface area contributed by atoms with Crippen LogP contribution in [-0.2, 0) is 10.0 Å². The number of allylic oxidation sites excluding steroid dienone is 1. The highest BCUT2D eigenvalue weighted by Gasteiger charge is 2.06. The van der Waals surface area contributed by atoms with Gasteiger partial charge < -0.3 is 0 Å². The van der Waals surface area contributed by atoms with Gasteiger partial charge >= 0.3 is 0 Å². The van der Waals surface area contributed by atoms with Crippen molar-refractivity contribution in [2.75, 3.05) is 11.0 Å². The molecule has 0 atom stereocenters. The number of hydrogen-bond acceptors (Lipinski definition) is 4. The number of benzene rings is 1. The topological polar surface area (TPSA) is 76.1 Å². The van der Waals surface area contributed by atoms with Gasteiger partial charge in [0.1, 0.15) is 5.15 Å². The second-order valence-corrected chi connectivity index (χ2v) is 6.70. The van der Waals surface area contributed by atoms with Gasteiger partial charge in [-0.2, -0.15) is 0 Å². The molecule has 2 aromatic rings. The molecule has 0 amide bonds. The minimum absolute atomic E-state index is 0.243. The standard InChI is InChI=1S/C15H13ClN2O3S/c1-22(20,21)18-13-4-2-3-12(9-13)14(19)7-5-11-6-8-15(16)17-10-11/h2-10,18H,1H3/b7-5+. The van der Waals surface area contributed by atoms with E-state index in [0.29, 0.717) is 16.4 Å². The molecular formula is C15H13ClN2O3S. The van der Waals surface area contributed by atoms with Gasteiger partial charge in [0.15, 0.2) is 5.78 Å². The average molecular weight is 337 g/mol. The number of hydrogen-bond donors (Lipinski definition) is 1. The number of anilines is 1. The highest BCUT2D eigenvalue weighted by molar-refractivity contribution is 7.92. The van der Waals surface area contributed by atoms with Gasteiger partial charge in [-0.3, -0.25) is 9.52 Å². The lowest BCUT2D eigenvalue weighted by atomic mass is 10.1. The second kappa shape index (κ2) is 6.72. The quantitative estimate of drug-likeness (QED) is 0.517. The maximum absolute atomic E-state index is 12.1. The monoisotopic (exact) mass is 336 g/mol. The zero-order valence-electron chi connectivity index (χ0n) is 11.7. The van der Waals surface area contributed by atoms with E-state index in [1.807, 2.05) is 0 Å². The van der Waals surface area contributed by atoms with E-state index in [4.69, 9.17) is 11.6 Å². The molecule has 0 spiro atoms. The maximum atomic E-state index is 12.1. The fourth-order valence-corrected chi connectivity index (χ4v) is 2.37. The molecule has 22 heavy (non-hydrogen) atoms. The summed E-state index contributed by atoms with van der Waals surface area (Å²) in [6.45, 7) is 0. The number of ketones is 1. The molecule has 0 aliphatic carbocycles. The Morgan fingerprint density at radius 1 is 1.27 bits per heavy atom. The summed E-state index contributed by atoms with van der Waals surface area (Å²) in [5.74, 6) is -0.243. The lowest BCUT2D eigenvalue weighted by Crippen LogP contribution is -2.10. The third kappa shape index (κ3) is 4.98. The predicted octanol–water partition coefficient (Wildman–Crippen LogP) is 3.00. The van der Waals surface area contributed by atoms with E-state index in [9.17, 15) is 13.2 Å². The van der Waals surface area contributed by atoms with Crippen molar-refractivity contribution in [1.82, 2.24) is 4.98 Å². The van der Waals surface area contributed by atoms with Gasteiger partial charge in [-0.1, -0.05) is 29.8 Å². The SMILES string of the molecule is CS(=O)(=O)Nc1cccc(C(=O)/C=C/c2ccc(Cl)nc2)c1. The highest BCUT2D eigenvalue weighted by Crippen LogP contribution is 2.14. The molecule has 1 aromatic heterocycles. The Bertz CT molecular complexity index is 815. The Balaban J connectivity index is 2.15. The van der Waals surface area contributed by atoms with E-state index in [-0.39, 0.29) is 5.78 Å². The number of nitrogens with one attached hydrogen (secondary N) is 1. The number of carbonyl (C=O) groups is 1. The van der Waals surface area contributed by atoms with E-state index in [1.54, 1.807) is 42.6 Å². The number of halogens is 1. The number of rotatable bonds is 5. The lowest BCUT2D eigenvalue weighted by Gasteiger charge is -2.04. The van der Waals surface area contributed by atoms with E-state index >= 15 is 0 Å². The first-order valence-corrected chi connectivity index (χ1v) is 8.52. The minimum atomic E-state index is -3.38. The number of sulfonamides is 1.